The van der Waals surface area contributed by atoms with Crippen molar-refractivity contribution >= 4 is 59.2 Å². The van der Waals surface area contributed by atoms with Crippen molar-refractivity contribution in [1.82, 2.24) is 0 Å². The van der Waals surface area contributed by atoms with Gasteiger partial charge in [-0.2, -0.15) is 8.42 Å². The van der Waals surface area contributed by atoms with Gasteiger partial charge in [0.25, 0.3) is 20.0 Å². The summed E-state index contributed by atoms with van der Waals surface area (Å²) in [5, 5.41) is 2.97. The van der Waals surface area contributed by atoms with E-state index in [0.29, 0.717) is 22.5 Å². The number of esters is 1. The van der Waals surface area contributed by atoms with E-state index < -0.39 is 26.0 Å². The van der Waals surface area contributed by atoms with Crippen molar-refractivity contribution in [3.63, 3.8) is 0 Å². The van der Waals surface area contributed by atoms with Gasteiger partial charge in [-0.25, -0.2) is 13.2 Å². The molecule has 0 spiro atoms. The average Bonchev–Trinajstić information content (AvgIpc) is 3.21. The maximum absolute atomic E-state index is 13.8. The number of carbonyl (C=O) groups is 1. The third-order valence-electron chi connectivity index (χ3n) is 6.27. The molecule has 0 bridgehead atoms. The zero-order valence-electron chi connectivity index (χ0n) is 21.7. The number of nitrogens with zero attached hydrogens (tertiary/aromatic N) is 2. The van der Waals surface area contributed by atoms with Crippen LogP contribution in [0.3, 0.4) is 0 Å². The van der Waals surface area contributed by atoms with Crippen LogP contribution < -0.4 is 9.62 Å². The van der Waals surface area contributed by atoms with Crippen LogP contribution in [0.2, 0.25) is 0 Å². The van der Waals surface area contributed by atoms with Gasteiger partial charge >= 0.3 is 5.97 Å². The number of hydrogen-bond donors (Lipinski definition) is 1. The lowest BCUT2D eigenvalue weighted by molar-refractivity contribution is 0.0517. The van der Waals surface area contributed by atoms with Crippen LogP contribution in [-0.2, 0) is 24.8 Å². The van der Waals surface area contributed by atoms with Crippen molar-refractivity contribution in [2.24, 2.45) is 4.40 Å². The number of hydrogen-bond acceptors (Lipinski definition) is 7. The molecule has 0 aromatic heterocycles. The molecule has 4 aromatic rings. The molecular weight excluding hydrogens is 630 g/mol. The number of carbonyl (C=O) groups excluding carboxylic acids is 1. The molecule has 1 aliphatic rings. The summed E-state index contributed by atoms with van der Waals surface area (Å²) < 4.78 is 63.4. The molecule has 0 aliphatic carbocycles. The standard InChI is InChI=1S/C29H24BrN3O6S2/c1-20-6-14-24(15-7-20)33(18-19-39-29(34)21-8-10-22(30)11-9-21)41(37,38)25-16-12-23(13-17-25)31-28-26-4-2-3-5-27(26)40(35,36)32-28/h2-17H,18-19H2,1H3,(H,31,32). The molecule has 12 heteroatoms. The number of aryl methyl sites for hydroxylation is 1. The third kappa shape index (κ3) is 6.19. The van der Waals surface area contributed by atoms with Gasteiger partial charge in [0.05, 0.1) is 22.7 Å². The predicted octanol–water partition coefficient (Wildman–Crippen LogP) is 5.37. The molecule has 1 aliphatic heterocycles. The number of anilines is 2. The Morgan fingerprint density at radius 2 is 1.59 bits per heavy atom. The summed E-state index contributed by atoms with van der Waals surface area (Å²) >= 11 is 3.32. The van der Waals surface area contributed by atoms with Gasteiger partial charge in [-0.15, -0.1) is 4.40 Å². The molecule has 5 rings (SSSR count). The van der Waals surface area contributed by atoms with Crippen LogP contribution in [0.15, 0.2) is 116 Å². The summed E-state index contributed by atoms with van der Waals surface area (Å²) in [6.45, 7) is 1.61. The Bertz CT molecular complexity index is 1840. The second kappa shape index (κ2) is 11.5. The van der Waals surface area contributed by atoms with Crippen molar-refractivity contribution in [2.75, 3.05) is 22.8 Å². The molecule has 0 unspecified atom stereocenters. The maximum Gasteiger partial charge on any atom is 0.338 e. The summed E-state index contributed by atoms with van der Waals surface area (Å²) in [5.41, 5.74) is 2.62. The Kier molecular flexibility index (Phi) is 7.98. The largest absolute Gasteiger partial charge is 0.460 e. The lowest BCUT2D eigenvalue weighted by atomic mass is 10.2. The number of amidine groups is 1. The molecule has 4 aromatic carbocycles. The molecular formula is C29H24BrN3O6S2. The van der Waals surface area contributed by atoms with Crippen molar-refractivity contribution in [3.8, 4) is 0 Å². The number of benzene rings is 4. The van der Waals surface area contributed by atoms with E-state index in [-0.39, 0.29) is 28.8 Å². The molecule has 0 radical (unpaired) electrons. The summed E-state index contributed by atoms with van der Waals surface area (Å²) in [6, 6.07) is 26.0. The summed E-state index contributed by atoms with van der Waals surface area (Å²) in [4.78, 5) is 12.6. The van der Waals surface area contributed by atoms with Gasteiger partial charge < -0.3 is 10.1 Å². The molecule has 1 heterocycles. The molecule has 0 saturated heterocycles. The molecule has 0 amide bonds. The van der Waals surface area contributed by atoms with Crippen molar-refractivity contribution < 1.29 is 26.4 Å². The molecule has 9 nitrogen and oxygen atoms in total. The van der Waals surface area contributed by atoms with Gasteiger partial charge in [-0.3, -0.25) is 4.31 Å². The van der Waals surface area contributed by atoms with E-state index >= 15 is 0 Å². The number of fused-ring (bicyclic) bond motifs is 1. The van der Waals surface area contributed by atoms with Crippen LogP contribution in [-0.4, -0.2) is 41.8 Å². The number of sulfonamides is 2. The first-order chi connectivity index (χ1) is 19.5. The van der Waals surface area contributed by atoms with E-state index in [9.17, 15) is 21.6 Å². The highest BCUT2D eigenvalue weighted by molar-refractivity contribution is 9.10. The van der Waals surface area contributed by atoms with Gasteiger partial charge in [0.2, 0.25) is 0 Å². The molecule has 41 heavy (non-hydrogen) atoms. The summed E-state index contributed by atoms with van der Waals surface area (Å²) in [5.74, 6) is -0.405. The number of nitrogens with one attached hydrogen (secondary N) is 1. The molecule has 1 N–H and O–H groups in total. The van der Waals surface area contributed by atoms with Gasteiger partial charge in [0.1, 0.15) is 11.5 Å². The van der Waals surface area contributed by atoms with Crippen LogP contribution in [0, 0.1) is 6.92 Å². The fourth-order valence-electron chi connectivity index (χ4n) is 4.16. The van der Waals surface area contributed by atoms with Crippen molar-refractivity contribution in [2.45, 2.75) is 16.7 Å². The fourth-order valence-corrected chi connectivity index (χ4v) is 7.05. The SMILES string of the molecule is Cc1ccc(N(CCOC(=O)c2ccc(Br)cc2)S(=O)(=O)c2ccc(NC3=NS(=O)(=O)c4ccccc43)cc2)cc1. The Balaban J connectivity index is 1.35. The zero-order chi connectivity index (χ0) is 29.2. The van der Waals surface area contributed by atoms with Gasteiger partial charge in [0, 0.05) is 15.7 Å². The summed E-state index contributed by atoms with van der Waals surface area (Å²) in [6.07, 6.45) is 0. The lowest BCUT2D eigenvalue weighted by Gasteiger charge is -2.24. The molecule has 210 valence electrons. The third-order valence-corrected chi connectivity index (χ3v) is 9.97. The zero-order valence-corrected chi connectivity index (χ0v) is 24.9. The summed E-state index contributed by atoms with van der Waals surface area (Å²) in [7, 11) is -7.87. The fraction of sp³-hybridized carbons (Fsp3) is 0.103. The first-order valence-corrected chi connectivity index (χ1v) is 16.1. The topological polar surface area (TPSA) is 122 Å². The van der Waals surface area contributed by atoms with Crippen LogP contribution >= 0.6 is 15.9 Å². The lowest BCUT2D eigenvalue weighted by Crippen LogP contribution is -2.34. The van der Waals surface area contributed by atoms with Gasteiger partial charge in [-0.1, -0.05) is 45.8 Å². The van der Waals surface area contributed by atoms with Crippen LogP contribution in [0.25, 0.3) is 0 Å². The second-order valence-corrected chi connectivity index (χ2v) is 13.5. The Labute approximate surface area is 246 Å². The first-order valence-electron chi connectivity index (χ1n) is 12.4. The van der Waals surface area contributed by atoms with E-state index in [4.69, 9.17) is 4.74 Å². The normalized spacial score (nSPS) is 13.7. The van der Waals surface area contributed by atoms with Gasteiger partial charge in [0.15, 0.2) is 5.84 Å². The minimum atomic E-state index is -4.06. The Morgan fingerprint density at radius 3 is 2.27 bits per heavy atom. The Hall–Kier alpha value is -4.00. The van der Waals surface area contributed by atoms with Crippen LogP contribution in [0.1, 0.15) is 21.5 Å². The van der Waals surface area contributed by atoms with E-state index in [1.54, 1.807) is 66.7 Å². The predicted molar refractivity (Wildman–Crippen MR) is 160 cm³/mol. The van der Waals surface area contributed by atoms with Gasteiger partial charge in [-0.05, 0) is 79.7 Å². The minimum absolute atomic E-state index is 0.00393. The van der Waals surface area contributed by atoms with Crippen LogP contribution in [0.4, 0.5) is 11.4 Å². The minimum Gasteiger partial charge on any atom is -0.460 e. The molecule has 0 fully saturated rings. The highest BCUT2D eigenvalue weighted by atomic mass is 79.9. The number of halogens is 1. The maximum atomic E-state index is 13.8. The first kappa shape index (κ1) is 28.5. The van der Waals surface area contributed by atoms with E-state index in [2.05, 4.69) is 25.6 Å². The monoisotopic (exact) mass is 653 g/mol. The average molecular weight is 655 g/mol. The highest BCUT2D eigenvalue weighted by Crippen LogP contribution is 2.28. The van der Waals surface area contributed by atoms with Crippen molar-refractivity contribution in [3.05, 3.63) is 118 Å². The highest BCUT2D eigenvalue weighted by Gasteiger charge is 2.29. The van der Waals surface area contributed by atoms with E-state index in [1.807, 2.05) is 6.92 Å². The quantitative estimate of drug-likeness (QED) is 0.254. The van der Waals surface area contributed by atoms with E-state index in [1.165, 1.54) is 34.6 Å². The second-order valence-electron chi connectivity index (χ2n) is 9.12. The van der Waals surface area contributed by atoms with Crippen molar-refractivity contribution in [1.29, 1.82) is 0 Å². The smallest absolute Gasteiger partial charge is 0.338 e. The van der Waals surface area contributed by atoms with E-state index in [0.717, 1.165) is 10.0 Å². The number of ether oxygens (including phenoxy) is 1. The molecule has 0 saturated carbocycles. The molecule has 0 atom stereocenters. The Morgan fingerprint density at radius 1 is 0.927 bits per heavy atom. The number of rotatable bonds is 8. The van der Waals surface area contributed by atoms with Crippen LogP contribution in [0.5, 0.6) is 0 Å².